The van der Waals surface area contributed by atoms with E-state index in [0.717, 1.165) is 6.42 Å². The molecule has 0 bridgehead atoms. The van der Waals surface area contributed by atoms with Gasteiger partial charge in [0.05, 0.1) is 25.4 Å². The van der Waals surface area contributed by atoms with Crippen LogP contribution < -0.4 is 5.32 Å². The lowest BCUT2D eigenvalue weighted by Gasteiger charge is -2.26. The third kappa shape index (κ3) is 9.33. The Bertz CT molecular complexity index is 223. The SMILES string of the molecule is CNC(CO)COC(C=C(C)C)CC(C)(C)C. The summed E-state index contributed by atoms with van der Waals surface area (Å²) in [5.41, 5.74) is 1.51. The van der Waals surface area contributed by atoms with Gasteiger partial charge < -0.3 is 15.2 Å². The van der Waals surface area contributed by atoms with E-state index in [9.17, 15) is 0 Å². The van der Waals surface area contributed by atoms with Crippen molar-refractivity contribution in [2.45, 2.75) is 53.2 Å². The Hall–Kier alpha value is -0.380. The van der Waals surface area contributed by atoms with Crippen LogP contribution in [-0.4, -0.2) is 37.5 Å². The molecule has 0 amide bonds. The zero-order valence-corrected chi connectivity index (χ0v) is 12.2. The molecule has 0 heterocycles. The van der Waals surface area contributed by atoms with Gasteiger partial charge in [0.1, 0.15) is 0 Å². The van der Waals surface area contributed by atoms with Crippen molar-refractivity contribution in [3.05, 3.63) is 11.6 Å². The molecule has 0 aromatic rings. The van der Waals surface area contributed by atoms with E-state index in [4.69, 9.17) is 9.84 Å². The molecular weight excluding hydrogens is 214 g/mol. The van der Waals surface area contributed by atoms with Crippen molar-refractivity contribution in [3.63, 3.8) is 0 Å². The number of nitrogens with one attached hydrogen (secondary N) is 1. The largest absolute Gasteiger partial charge is 0.395 e. The summed E-state index contributed by atoms with van der Waals surface area (Å²) in [6.07, 6.45) is 3.28. The van der Waals surface area contributed by atoms with Gasteiger partial charge in [0.15, 0.2) is 0 Å². The number of aliphatic hydroxyl groups excluding tert-OH is 1. The van der Waals surface area contributed by atoms with Gasteiger partial charge in [-0.05, 0) is 32.7 Å². The van der Waals surface area contributed by atoms with Crippen LogP contribution in [0.4, 0.5) is 0 Å². The van der Waals surface area contributed by atoms with E-state index in [2.05, 4.69) is 46.0 Å². The Morgan fingerprint density at radius 1 is 1.35 bits per heavy atom. The molecule has 2 N–H and O–H groups in total. The number of aliphatic hydroxyl groups is 1. The van der Waals surface area contributed by atoms with Crippen molar-refractivity contribution in [2.75, 3.05) is 20.3 Å². The average molecular weight is 243 g/mol. The molecule has 0 aliphatic carbocycles. The molecule has 0 fully saturated rings. The van der Waals surface area contributed by atoms with E-state index >= 15 is 0 Å². The molecule has 0 radical (unpaired) electrons. The number of likely N-dealkylation sites (N-methyl/N-ethyl adjacent to an activating group) is 1. The monoisotopic (exact) mass is 243 g/mol. The summed E-state index contributed by atoms with van der Waals surface area (Å²) >= 11 is 0. The number of rotatable bonds is 7. The first-order chi connectivity index (χ1) is 7.78. The lowest BCUT2D eigenvalue weighted by Crippen LogP contribution is -2.35. The highest BCUT2D eigenvalue weighted by molar-refractivity contribution is 4.99. The van der Waals surface area contributed by atoms with E-state index in [1.165, 1.54) is 5.57 Å². The van der Waals surface area contributed by atoms with Crippen LogP contribution in [0.25, 0.3) is 0 Å². The Morgan fingerprint density at radius 2 is 1.94 bits per heavy atom. The number of hydrogen-bond acceptors (Lipinski definition) is 3. The standard InChI is InChI=1S/C14H29NO2/c1-11(2)7-13(8-14(3,4)5)17-10-12(9-16)15-6/h7,12-13,15-16H,8-10H2,1-6H3. The van der Waals surface area contributed by atoms with Crippen molar-refractivity contribution in [3.8, 4) is 0 Å². The maximum atomic E-state index is 9.10. The highest BCUT2D eigenvalue weighted by atomic mass is 16.5. The summed E-state index contributed by atoms with van der Waals surface area (Å²) in [5, 5.41) is 12.1. The van der Waals surface area contributed by atoms with Gasteiger partial charge in [-0.2, -0.15) is 0 Å². The molecule has 0 spiro atoms. The van der Waals surface area contributed by atoms with Crippen molar-refractivity contribution in [2.24, 2.45) is 5.41 Å². The Balaban J connectivity index is 4.35. The molecule has 3 nitrogen and oxygen atoms in total. The van der Waals surface area contributed by atoms with Gasteiger partial charge in [-0.1, -0.05) is 32.4 Å². The Labute approximate surface area is 106 Å². The Morgan fingerprint density at radius 3 is 2.29 bits per heavy atom. The van der Waals surface area contributed by atoms with E-state index in [1.54, 1.807) is 0 Å². The minimum Gasteiger partial charge on any atom is -0.395 e. The minimum atomic E-state index is 0.0167. The predicted octanol–water partition coefficient (Wildman–Crippen LogP) is 2.35. The quantitative estimate of drug-likeness (QED) is 0.674. The summed E-state index contributed by atoms with van der Waals surface area (Å²) < 4.78 is 5.87. The molecule has 0 aromatic heterocycles. The van der Waals surface area contributed by atoms with Gasteiger partial charge in [0.25, 0.3) is 0 Å². The summed E-state index contributed by atoms with van der Waals surface area (Å²) in [7, 11) is 1.84. The summed E-state index contributed by atoms with van der Waals surface area (Å²) in [6, 6.07) is 0.0167. The fourth-order valence-electron chi connectivity index (χ4n) is 1.61. The molecule has 2 atom stereocenters. The first-order valence-electron chi connectivity index (χ1n) is 6.33. The summed E-state index contributed by atoms with van der Waals surface area (Å²) in [6.45, 7) is 11.4. The van der Waals surface area contributed by atoms with Gasteiger partial charge in [-0.25, -0.2) is 0 Å². The van der Waals surface area contributed by atoms with E-state index in [0.29, 0.717) is 6.61 Å². The molecule has 0 saturated heterocycles. The first kappa shape index (κ1) is 16.6. The molecule has 2 unspecified atom stereocenters. The lowest BCUT2D eigenvalue weighted by molar-refractivity contribution is 0.0328. The normalized spacial score (nSPS) is 15.5. The lowest BCUT2D eigenvalue weighted by atomic mass is 9.88. The van der Waals surface area contributed by atoms with Gasteiger partial charge in [-0.15, -0.1) is 0 Å². The third-order valence-corrected chi connectivity index (χ3v) is 2.47. The van der Waals surface area contributed by atoms with E-state index in [1.807, 2.05) is 7.05 Å². The third-order valence-electron chi connectivity index (χ3n) is 2.47. The number of hydrogen-bond donors (Lipinski definition) is 2. The Kier molecular flexibility index (Phi) is 7.68. The second-order valence-corrected chi connectivity index (χ2v) is 6.05. The smallest absolute Gasteiger partial charge is 0.0764 e. The van der Waals surface area contributed by atoms with Crippen LogP contribution in [0, 0.1) is 5.41 Å². The van der Waals surface area contributed by atoms with Crippen LogP contribution in [0.15, 0.2) is 11.6 Å². The molecular formula is C14H29NO2. The van der Waals surface area contributed by atoms with Gasteiger partial charge in [-0.3, -0.25) is 0 Å². The van der Waals surface area contributed by atoms with Crippen molar-refractivity contribution >= 4 is 0 Å². The van der Waals surface area contributed by atoms with Crippen molar-refractivity contribution < 1.29 is 9.84 Å². The second kappa shape index (κ2) is 7.85. The van der Waals surface area contributed by atoms with Crippen LogP contribution >= 0.6 is 0 Å². The fourth-order valence-corrected chi connectivity index (χ4v) is 1.61. The summed E-state index contributed by atoms with van der Waals surface area (Å²) in [4.78, 5) is 0. The molecule has 102 valence electrons. The van der Waals surface area contributed by atoms with Crippen molar-refractivity contribution in [1.82, 2.24) is 5.32 Å². The maximum Gasteiger partial charge on any atom is 0.0764 e. The molecule has 0 saturated carbocycles. The van der Waals surface area contributed by atoms with E-state index in [-0.39, 0.29) is 24.2 Å². The topological polar surface area (TPSA) is 41.5 Å². The summed E-state index contributed by atoms with van der Waals surface area (Å²) in [5.74, 6) is 0. The molecule has 0 aromatic carbocycles. The highest BCUT2D eigenvalue weighted by Crippen LogP contribution is 2.23. The zero-order chi connectivity index (χ0) is 13.5. The maximum absolute atomic E-state index is 9.10. The molecule has 17 heavy (non-hydrogen) atoms. The molecule has 0 rings (SSSR count). The fraction of sp³-hybridized carbons (Fsp3) is 0.857. The molecule has 0 aliphatic heterocycles. The molecule has 3 heteroatoms. The zero-order valence-electron chi connectivity index (χ0n) is 12.2. The van der Waals surface area contributed by atoms with Gasteiger partial charge in [0.2, 0.25) is 0 Å². The van der Waals surface area contributed by atoms with Crippen LogP contribution in [0.5, 0.6) is 0 Å². The van der Waals surface area contributed by atoms with Crippen LogP contribution in [0.1, 0.15) is 41.0 Å². The van der Waals surface area contributed by atoms with Crippen LogP contribution in [0.2, 0.25) is 0 Å². The average Bonchev–Trinajstić information content (AvgIpc) is 2.15. The molecule has 0 aliphatic rings. The highest BCUT2D eigenvalue weighted by Gasteiger charge is 2.18. The minimum absolute atomic E-state index is 0.0167. The van der Waals surface area contributed by atoms with Gasteiger partial charge >= 0.3 is 0 Å². The van der Waals surface area contributed by atoms with E-state index < -0.39 is 0 Å². The van der Waals surface area contributed by atoms with Gasteiger partial charge in [0, 0.05) is 0 Å². The second-order valence-electron chi connectivity index (χ2n) is 6.05. The number of ether oxygens (including phenoxy) is 1. The first-order valence-corrected chi connectivity index (χ1v) is 6.33. The van der Waals surface area contributed by atoms with Crippen LogP contribution in [0.3, 0.4) is 0 Å². The predicted molar refractivity (Wildman–Crippen MR) is 73.2 cm³/mol. The van der Waals surface area contributed by atoms with Crippen LogP contribution in [-0.2, 0) is 4.74 Å². The number of allylic oxidation sites excluding steroid dienone is 1. The van der Waals surface area contributed by atoms with Crippen molar-refractivity contribution in [1.29, 1.82) is 0 Å².